The van der Waals surface area contributed by atoms with Crippen LogP contribution in [-0.4, -0.2) is 5.71 Å². The zero-order valence-electron chi connectivity index (χ0n) is 19.5. The van der Waals surface area contributed by atoms with Crippen molar-refractivity contribution in [3.63, 3.8) is 0 Å². The fourth-order valence-electron chi connectivity index (χ4n) is 2.68. The fraction of sp³-hybridized carbons (Fsp3) is 0.0645. The van der Waals surface area contributed by atoms with E-state index in [0.29, 0.717) is 0 Å². The van der Waals surface area contributed by atoms with Crippen molar-refractivity contribution in [3.05, 3.63) is 171 Å². The minimum Gasteiger partial charge on any atom is -0.257 e. The van der Waals surface area contributed by atoms with Crippen LogP contribution in [0.5, 0.6) is 0 Å². The monoisotopic (exact) mass is 421 g/mol. The minimum atomic E-state index is 0.788. The van der Waals surface area contributed by atoms with Crippen molar-refractivity contribution < 1.29 is 0 Å². The predicted molar refractivity (Wildman–Crippen MR) is 148 cm³/mol. The van der Waals surface area contributed by atoms with E-state index in [-0.39, 0.29) is 0 Å². The van der Waals surface area contributed by atoms with Crippen molar-refractivity contribution in [2.75, 3.05) is 0 Å². The van der Waals surface area contributed by atoms with Crippen LogP contribution in [-0.2, 0) is 0 Å². The SMILES string of the molecule is C=C/C=C\C(=NC=C)C(/C=C(/C=C\C)C(=C\C=C)\C=C(C=C)\C(\C=C/C=C)=C\C=C)=C/C. The smallest absolute Gasteiger partial charge is 0.0698 e. The minimum absolute atomic E-state index is 0.788. The van der Waals surface area contributed by atoms with E-state index < -0.39 is 0 Å². The first kappa shape index (κ1) is 28.0. The van der Waals surface area contributed by atoms with Gasteiger partial charge >= 0.3 is 0 Å². The van der Waals surface area contributed by atoms with Crippen LogP contribution in [0.2, 0.25) is 0 Å². The Bertz CT molecular complexity index is 973. The molecule has 0 unspecified atom stereocenters. The van der Waals surface area contributed by atoms with Crippen LogP contribution in [0.4, 0.5) is 0 Å². The lowest BCUT2D eigenvalue weighted by Gasteiger charge is -2.10. The molecule has 0 aromatic rings. The first-order chi connectivity index (χ1) is 15.6. The summed E-state index contributed by atoms with van der Waals surface area (Å²) < 4.78 is 0. The van der Waals surface area contributed by atoms with Gasteiger partial charge in [-0.25, -0.2) is 0 Å². The van der Waals surface area contributed by atoms with E-state index >= 15 is 0 Å². The highest BCUT2D eigenvalue weighted by Gasteiger charge is 2.07. The van der Waals surface area contributed by atoms with Crippen molar-refractivity contribution in [1.82, 2.24) is 0 Å². The summed E-state index contributed by atoms with van der Waals surface area (Å²) in [6.07, 6.45) is 32.1. The lowest BCUT2D eigenvalue weighted by atomic mass is 9.95. The molecule has 0 atom stereocenters. The summed E-state index contributed by atoms with van der Waals surface area (Å²) in [7, 11) is 0. The Morgan fingerprint density at radius 1 is 0.594 bits per heavy atom. The molecule has 0 aliphatic carbocycles. The average molecular weight is 422 g/mol. The molecule has 0 bridgehead atoms. The van der Waals surface area contributed by atoms with Gasteiger partial charge in [0.2, 0.25) is 0 Å². The highest BCUT2D eigenvalue weighted by Crippen LogP contribution is 2.23. The van der Waals surface area contributed by atoms with Gasteiger partial charge in [0, 0.05) is 6.20 Å². The molecule has 32 heavy (non-hydrogen) atoms. The summed E-state index contributed by atoms with van der Waals surface area (Å²) in [5.74, 6) is 0. The van der Waals surface area contributed by atoms with E-state index in [2.05, 4.69) is 62.7 Å². The van der Waals surface area contributed by atoms with Gasteiger partial charge in [-0.15, -0.1) is 0 Å². The molecule has 0 aliphatic rings. The van der Waals surface area contributed by atoms with Gasteiger partial charge in [0.25, 0.3) is 0 Å². The van der Waals surface area contributed by atoms with E-state index in [1.165, 1.54) is 6.20 Å². The summed E-state index contributed by atoms with van der Waals surface area (Å²) in [6.45, 7) is 26.9. The summed E-state index contributed by atoms with van der Waals surface area (Å²) in [5, 5.41) is 0. The van der Waals surface area contributed by atoms with E-state index in [1.807, 2.05) is 68.5 Å². The molecule has 0 fully saturated rings. The van der Waals surface area contributed by atoms with Gasteiger partial charge < -0.3 is 0 Å². The molecule has 0 rings (SSSR count). The molecule has 1 nitrogen and oxygen atoms in total. The zero-order valence-corrected chi connectivity index (χ0v) is 19.5. The molecule has 0 N–H and O–H groups in total. The maximum Gasteiger partial charge on any atom is 0.0698 e. The fourth-order valence-corrected chi connectivity index (χ4v) is 2.68. The molecule has 0 saturated carbocycles. The molecule has 0 spiro atoms. The summed E-state index contributed by atoms with van der Waals surface area (Å²) in [6, 6.07) is 0. The summed E-state index contributed by atoms with van der Waals surface area (Å²) in [4.78, 5) is 4.41. The van der Waals surface area contributed by atoms with Gasteiger partial charge in [0.05, 0.1) is 5.71 Å². The molecule has 164 valence electrons. The van der Waals surface area contributed by atoms with Crippen LogP contribution in [0, 0.1) is 0 Å². The molecule has 0 radical (unpaired) electrons. The zero-order chi connectivity index (χ0) is 24.2. The molecule has 0 aliphatic heterocycles. The first-order valence-electron chi connectivity index (χ1n) is 10.3. The predicted octanol–water partition coefficient (Wildman–Crippen LogP) is 8.84. The van der Waals surface area contributed by atoms with Gasteiger partial charge in [0.1, 0.15) is 0 Å². The number of nitrogens with zero attached hydrogens (tertiary/aromatic N) is 1. The number of hydrogen-bond acceptors (Lipinski definition) is 1. The van der Waals surface area contributed by atoms with Gasteiger partial charge in [-0.05, 0) is 59.9 Å². The topological polar surface area (TPSA) is 12.4 Å². The Morgan fingerprint density at radius 2 is 1.19 bits per heavy atom. The van der Waals surface area contributed by atoms with Gasteiger partial charge in [-0.1, -0.05) is 118 Å². The third kappa shape index (κ3) is 10.2. The van der Waals surface area contributed by atoms with Gasteiger partial charge in [0.15, 0.2) is 0 Å². The standard InChI is InChI=1S/C31H35N/c1-9-17-22-28(19-11-3)26(14-6)24-29(20-12-4)30(21-13-5)25-27(15-7)31(32-16-8)23-18-10-2/h9-25H,1-4,6,8H2,5,7H3/b21-13-,22-17-,23-18-,26-24+,27-15+,28-19+,29-20+,30-25-,32-31?. The number of allylic oxidation sites excluding steroid dienone is 21. The van der Waals surface area contributed by atoms with Crippen LogP contribution in [0.15, 0.2) is 176 Å². The largest absolute Gasteiger partial charge is 0.257 e. The first-order valence-corrected chi connectivity index (χ1v) is 10.3. The number of aliphatic imine (C=N–C) groups is 1. The highest BCUT2D eigenvalue weighted by atomic mass is 14.7. The maximum atomic E-state index is 4.41. The summed E-state index contributed by atoms with van der Waals surface area (Å²) in [5.41, 5.74) is 5.62. The van der Waals surface area contributed by atoms with Crippen LogP contribution in [0.1, 0.15) is 13.8 Å². The normalized spacial score (nSPS) is 14.8. The number of hydrogen-bond donors (Lipinski definition) is 0. The van der Waals surface area contributed by atoms with Crippen molar-refractivity contribution >= 4 is 5.71 Å². The van der Waals surface area contributed by atoms with E-state index in [9.17, 15) is 0 Å². The van der Waals surface area contributed by atoms with Gasteiger partial charge in [-0.3, -0.25) is 4.99 Å². The summed E-state index contributed by atoms with van der Waals surface area (Å²) >= 11 is 0. The van der Waals surface area contributed by atoms with E-state index in [1.54, 1.807) is 24.3 Å². The Balaban J connectivity index is 6.85. The quantitative estimate of drug-likeness (QED) is 0.196. The highest BCUT2D eigenvalue weighted by molar-refractivity contribution is 6.11. The van der Waals surface area contributed by atoms with Crippen LogP contribution < -0.4 is 0 Å². The molecular weight excluding hydrogens is 386 g/mol. The maximum absolute atomic E-state index is 4.41. The van der Waals surface area contributed by atoms with Crippen molar-refractivity contribution in [3.8, 4) is 0 Å². The lowest BCUT2D eigenvalue weighted by molar-refractivity contribution is 1.44. The Morgan fingerprint density at radius 3 is 1.69 bits per heavy atom. The Hall–Kier alpha value is -3.97. The van der Waals surface area contributed by atoms with Crippen LogP contribution in [0.25, 0.3) is 0 Å². The second-order valence-electron chi connectivity index (χ2n) is 6.25. The second-order valence-corrected chi connectivity index (χ2v) is 6.25. The van der Waals surface area contributed by atoms with Crippen LogP contribution >= 0.6 is 0 Å². The molecule has 0 aromatic carbocycles. The molecule has 0 heterocycles. The molecule has 0 amide bonds. The molecule has 0 saturated heterocycles. The molecule has 1 heteroatoms. The van der Waals surface area contributed by atoms with Crippen molar-refractivity contribution in [1.29, 1.82) is 0 Å². The molecule has 0 aromatic heterocycles. The second kappa shape index (κ2) is 17.9. The van der Waals surface area contributed by atoms with Crippen LogP contribution in [0.3, 0.4) is 0 Å². The third-order valence-electron chi connectivity index (χ3n) is 4.09. The van der Waals surface area contributed by atoms with Crippen molar-refractivity contribution in [2.24, 2.45) is 4.99 Å². The van der Waals surface area contributed by atoms with E-state index in [0.717, 1.165) is 33.6 Å². The van der Waals surface area contributed by atoms with Crippen molar-refractivity contribution in [2.45, 2.75) is 13.8 Å². The lowest BCUT2D eigenvalue weighted by Crippen LogP contribution is -1.98. The number of rotatable bonds is 14. The van der Waals surface area contributed by atoms with Gasteiger partial charge in [-0.2, -0.15) is 0 Å². The Labute approximate surface area is 195 Å². The average Bonchev–Trinajstić information content (AvgIpc) is 2.80. The van der Waals surface area contributed by atoms with E-state index in [4.69, 9.17) is 0 Å². The third-order valence-corrected chi connectivity index (χ3v) is 4.09. The Kier molecular flexibility index (Phi) is 15.6. The molecular formula is C31H35N.